The first-order valence-electron chi connectivity index (χ1n) is 12.8. The van der Waals surface area contributed by atoms with Crippen molar-refractivity contribution in [2.24, 2.45) is 0 Å². The van der Waals surface area contributed by atoms with E-state index in [2.05, 4.69) is 5.32 Å². The monoisotopic (exact) mass is 602 g/mol. The SMILES string of the molecule is COc1cc(/C=C2\C(=O)NC(=O)N(c3ccc(OCc4ccc(Cl)cc4)cc3)C2=O)ccc1OCc1ccccc1Cl. The lowest BCUT2D eigenvalue weighted by atomic mass is 10.1. The van der Waals surface area contributed by atoms with Crippen LogP contribution in [0.4, 0.5) is 10.5 Å². The maximum absolute atomic E-state index is 13.4. The maximum Gasteiger partial charge on any atom is 0.335 e. The molecule has 42 heavy (non-hydrogen) atoms. The van der Waals surface area contributed by atoms with Crippen molar-refractivity contribution in [1.29, 1.82) is 0 Å². The number of anilines is 1. The van der Waals surface area contributed by atoms with Crippen LogP contribution in [0.3, 0.4) is 0 Å². The minimum atomic E-state index is -0.849. The van der Waals surface area contributed by atoms with Crippen molar-refractivity contribution in [3.05, 3.63) is 123 Å². The van der Waals surface area contributed by atoms with Crippen LogP contribution >= 0.6 is 23.2 Å². The molecule has 10 heteroatoms. The number of methoxy groups -OCH3 is 1. The standard InChI is InChI=1S/C32H24Cl2N2O6/c1-40-29-17-21(8-15-28(29)42-19-22-4-2-3-5-27(22)34)16-26-30(37)35-32(39)36(31(26)38)24-11-13-25(14-12-24)41-18-20-6-9-23(33)10-7-20/h2-17H,18-19H2,1H3,(H,35,37,39)/b26-16+. The van der Waals surface area contributed by atoms with E-state index in [1.165, 1.54) is 13.2 Å². The molecule has 212 valence electrons. The molecular weight excluding hydrogens is 579 g/mol. The molecule has 1 aliphatic heterocycles. The predicted molar refractivity (Wildman–Crippen MR) is 160 cm³/mol. The summed E-state index contributed by atoms with van der Waals surface area (Å²) < 4.78 is 17.1. The van der Waals surface area contributed by atoms with E-state index < -0.39 is 17.8 Å². The number of nitrogens with zero attached hydrogens (tertiary/aromatic N) is 1. The second-order valence-corrected chi connectivity index (χ2v) is 10.0. The largest absolute Gasteiger partial charge is 0.493 e. The number of barbiturate groups is 1. The maximum atomic E-state index is 13.4. The Labute approximate surface area is 252 Å². The van der Waals surface area contributed by atoms with Crippen LogP contribution in [-0.2, 0) is 22.8 Å². The highest BCUT2D eigenvalue weighted by Crippen LogP contribution is 2.31. The molecule has 0 spiro atoms. The molecule has 1 fully saturated rings. The smallest absolute Gasteiger partial charge is 0.335 e. The molecule has 0 unspecified atom stereocenters. The van der Waals surface area contributed by atoms with Crippen molar-refractivity contribution < 1.29 is 28.6 Å². The molecule has 0 bridgehead atoms. The molecular formula is C32H24Cl2N2O6. The fraction of sp³-hybridized carbons (Fsp3) is 0.0938. The molecule has 0 aliphatic carbocycles. The van der Waals surface area contributed by atoms with E-state index in [1.807, 2.05) is 30.3 Å². The van der Waals surface area contributed by atoms with Gasteiger partial charge in [-0.05, 0) is 71.8 Å². The Morgan fingerprint density at radius 3 is 2.26 bits per heavy atom. The zero-order valence-corrected chi connectivity index (χ0v) is 23.8. The number of benzene rings is 4. The summed E-state index contributed by atoms with van der Waals surface area (Å²) in [4.78, 5) is 39.6. The molecule has 4 aromatic rings. The number of carbonyl (C=O) groups excluding carboxylic acids is 3. The van der Waals surface area contributed by atoms with Gasteiger partial charge in [0.1, 0.15) is 24.5 Å². The van der Waals surface area contributed by atoms with E-state index in [1.54, 1.807) is 60.7 Å². The van der Waals surface area contributed by atoms with Gasteiger partial charge in [0.05, 0.1) is 12.8 Å². The summed E-state index contributed by atoms with van der Waals surface area (Å²) in [6.07, 6.45) is 1.39. The van der Waals surface area contributed by atoms with E-state index >= 15 is 0 Å². The van der Waals surface area contributed by atoms with Gasteiger partial charge in [-0.25, -0.2) is 9.69 Å². The second-order valence-electron chi connectivity index (χ2n) is 9.16. The van der Waals surface area contributed by atoms with Crippen molar-refractivity contribution >= 4 is 52.8 Å². The zero-order valence-electron chi connectivity index (χ0n) is 22.3. The first-order chi connectivity index (χ1) is 20.3. The Morgan fingerprint density at radius 2 is 1.55 bits per heavy atom. The molecule has 0 atom stereocenters. The molecule has 1 saturated heterocycles. The highest BCUT2D eigenvalue weighted by Gasteiger charge is 2.36. The lowest BCUT2D eigenvalue weighted by Crippen LogP contribution is -2.54. The third-order valence-electron chi connectivity index (χ3n) is 6.36. The van der Waals surface area contributed by atoms with Crippen LogP contribution in [0.15, 0.2) is 96.6 Å². The minimum Gasteiger partial charge on any atom is -0.493 e. The lowest BCUT2D eigenvalue weighted by Gasteiger charge is -2.26. The number of amides is 4. The van der Waals surface area contributed by atoms with E-state index in [0.29, 0.717) is 39.5 Å². The Kier molecular flexibility index (Phi) is 8.76. The van der Waals surface area contributed by atoms with Crippen molar-refractivity contribution in [3.8, 4) is 17.2 Å². The number of hydrogen-bond acceptors (Lipinski definition) is 6. The van der Waals surface area contributed by atoms with Gasteiger partial charge in [-0.15, -0.1) is 0 Å². The van der Waals surface area contributed by atoms with E-state index in [-0.39, 0.29) is 17.9 Å². The van der Waals surface area contributed by atoms with Crippen molar-refractivity contribution in [2.45, 2.75) is 13.2 Å². The fourth-order valence-electron chi connectivity index (χ4n) is 4.16. The predicted octanol–water partition coefficient (Wildman–Crippen LogP) is 6.83. The fourth-order valence-corrected chi connectivity index (χ4v) is 4.48. The van der Waals surface area contributed by atoms with Crippen molar-refractivity contribution in [2.75, 3.05) is 12.0 Å². The van der Waals surface area contributed by atoms with Crippen molar-refractivity contribution in [3.63, 3.8) is 0 Å². The number of hydrogen-bond donors (Lipinski definition) is 1. The molecule has 4 aromatic carbocycles. The molecule has 1 heterocycles. The van der Waals surface area contributed by atoms with Gasteiger partial charge < -0.3 is 14.2 Å². The number of nitrogens with one attached hydrogen (secondary N) is 1. The molecule has 5 rings (SSSR count). The third-order valence-corrected chi connectivity index (χ3v) is 6.98. The number of halogens is 2. The van der Waals surface area contributed by atoms with E-state index in [4.69, 9.17) is 37.4 Å². The molecule has 0 radical (unpaired) electrons. The van der Waals surface area contributed by atoms with Gasteiger partial charge in [0.15, 0.2) is 11.5 Å². The molecule has 4 amide bonds. The topological polar surface area (TPSA) is 94.2 Å². The highest BCUT2D eigenvalue weighted by molar-refractivity contribution is 6.39. The zero-order chi connectivity index (χ0) is 29.6. The molecule has 8 nitrogen and oxygen atoms in total. The number of rotatable bonds is 9. The molecule has 0 aromatic heterocycles. The summed E-state index contributed by atoms with van der Waals surface area (Å²) >= 11 is 12.1. The van der Waals surface area contributed by atoms with Crippen molar-refractivity contribution in [1.82, 2.24) is 5.32 Å². The first-order valence-corrected chi connectivity index (χ1v) is 13.5. The van der Waals surface area contributed by atoms with Gasteiger partial charge in [0.25, 0.3) is 11.8 Å². The lowest BCUT2D eigenvalue weighted by molar-refractivity contribution is -0.122. The van der Waals surface area contributed by atoms with E-state index in [9.17, 15) is 14.4 Å². The average Bonchev–Trinajstić information content (AvgIpc) is 2.99. The second kappa shape index (κ2) is 12.8. The number of carbonyl (C=O) groups is 3. The third kappa shape index (κ3) is 6.57. The van der Waals surface area contributed by atoms with Crippen LogP contribution in [0, 0.1) is 0 Å². The number of imide groups is 2. The van der Waals surface area contributed by atoms with Gasteiger partial charge in [-0.1, -0.05) is 59.6 Å². The summed E-state index contributed by atoms with van der Waals surface area (Å²) in [6.45, 7) is 0.535. The van der Waals surface area contributed by atoms with Gasteiger partial charge in [-0.3, -0.25) is 14.9 Å². The summed E-state index contributed by atoms with van der Waals surface area (Å²) in [5.74, 6) is -0.190. The number of urea groups is 1. The Balaban J connectivity index is 1.31. The summed E-state index contributed by atoms with van der Waals surface area (Å²) in [6, 6.07) is 25.1. The normalized spacial score (nSPS) is 14.1. The Bertz CT molecular complexity index is 1670. The quantitative estimate of drug-likeness (QED) is 0.167. The number of ether oxygens (including phenoxy) is 3. The van der Waals surface area contributed by atoms with Gasteiger partial charge in [-0.2, -0.15) is 0 Å². The Hall–Kier alpha value is -4.79. The molecule has 1 N–H and O–H groups in total. The summed E-state index contributed by atoms with van der Waals surface area (Å²) in [7, 11) is 1.48. The average molecular weight is 603 g/mol. The van der Waals surface area contributed by atoms with E-state index in [0.717, 1.165) is 16.0 Å². The van der Waals surface area contributed by atoms with Gasteiger partial charge in [0, 0.05) is 15.6 Å². The van der Waals surface area contributed by atoms with Crippen LogP contribution < -0.4 is 24.4 Å². The van der Waals surface area contributed by atoms with Crippen LogP contribution in [0.25, 0.3) is 6.08 Å². The summed E-state index contributed by atoms with van der Waals surface area (Å²) in [5.41, 5.74) is 2.29. The van der Waals surface area contributed by atoms with Crippen LogP contribution in [-0.4, -0.2) is 25.0 Å². The van der Waals surface area contributed by atoms with Gasteiger partial charge >= 0.3 is 6.03 Å². The highest BCUT2D eigenvalue weighted by atomic mass is 35.5. The van der Waals surface area contributed by atoms with Gasteiger partial charge in [0.2, 0.25) is 0 Å². The molecule has 0 saturated carbocycles. The first kappa shape index (κ1) is 28.7. The van der Waals surface area contributed by atoms with Crippen LogP contribution in [0.2, 0.25) is 10.0 Å². The minimum absolute atomic E-state index is 0.218. The summed E-state index contributed by atoms with van der Waals surface area (Å²) in [5, 5.41) is 3.44. The van der Waals surface area contributed by atoms with Crippen LogP contribution in [0.5, 0.6) is 17.2 Å². The van der Waals surface area contributed by atoms with Crippen LogP contribution in [0.1, 0.15) is 16.7 Å². The Morgan fingerprint density at radius 1 is 0.810 bits per heavy atom. The molecule has 1 aliphatic rings.